The van der Waals surface area contributed by atoms with Gasteiger partial charge in [-0.2, -0.15) is 0 Å². The second-order valence-corrected chi connectivity index (χ2v) is 6.02. The number of ketones is 1. The predicted molar refractivity (Wildman–Crippen MR) is 77.9 cm³/mol. The van der Waals surface area contributed by atoms with E-state index in [2.05, 4.69) is 5.32 Å². The highest BCUT2D eigenvalue weighted by molar-refractivity contribution is 6.04. The van der Waals surface area contributed by atoms with Crippen molar-refractivity contribution in [2.75, 3.05) is 0 Å². The van der Waals surface area contributed by atoms with E-state index in [9.17, 15) is 24.3 Å². The molecule has 2 saturated carbocycles. The molecule has 24 heavy (non-hydrogen) atoms. The number of rotatable bonds is 5. The zero-order valence-corrected chi connectivity index (χ0v) is 12.5. The molecule has 0 aromatic heterocycles. The number of Topliss-reactive ketones (excluding diaryl/α,β-unsaturated/α-hetero) is 1. The van der Waals surface area contributed by atoms with Gasteiger partial charge in [0.15, 0.2) is 5.54 Å². The minimum atomic E-state index is -1.92. The lowest BCUT2D eigenvalue weighted by Gasteiger charge is -2.27. The molecule has 1 aromatic carbocycles. The first-order chi connectivity index (χ1) is 11.4. The van der Waals surface area contributed by atoms with Crippen molar-refractivity contribution in [1.82, 2.24) is 5.32 Å². The van der Waals surface area contributed by atoms with Crippen LogP contribution in [0.25, 0.3) is 0 Å². The SMILES string of the molecule is O=C(N[C@@]1(C(=O)O)CC(=O)[C@H]2[C@H](C(=O)O)[C@H]21)OCc1ccccc1. The monoisotopic (exact) mass is 333 g/mol. The number of carbonyl (C=O) groups is 4. The number of alkyl carbamates (subject to hydrolysis) is 1. The number of nitrogens with one attached hydrogen (secondary N) is 1. The summed E-state index contributed by atoms with van der Waals surface area (Å²) in [4.78, 5) is 46.7. The smallest absolute Gasteiger partial charge is 0.408 e. The standard InChI is InChI=1S/C16H15NO7/c18-9-6-16(14(21)22,12-10(9)11(12)13(19)20)17-15(23)24-7-8-4-2-1-3-5-8/h1-5,10-12H,6-7H2,(H,17,23)(H,19,20)(H,21,22)/t10-,11-,12-,16-/m0/s1. The van der Waals surface area contributed by atoms with Gasteiger partial charge in [-0.3, -0.25) is 9.59 Å². The Bertz CT molecular complexity index is 712. The maximum absolute atomic E-state index is 12.0. The van der Waals surface area contributed by atoms with Gasteiger partial charge in [0.05, 0.1) is 5.92 Å². The van der Waals surface area contributed by atoms with Crippen molar-refractivity contribution in [3.8, 4) is 0 Å². The molecule has 2 aliphatic rings. The summed E-state index contributed by atoms with van der Waals surface area (Å²) in [5, 5.41) is 20.8. The van der Waals surface area contributed by atoms with E-state index in [1.54, 1.807) is 30.3 Å². The van der Waals surface area contributed by atoms with Crippen LogP contribution >= 0.6 is 0 Å². The molecule has 3 N–H and O–H groups in total. The van der Waals surface area contributed by atoms with Crippen LogP contribution in [0.3, 0.4) is 0 Å². The van der Waals surface area contributed by atoms with Crippen LogP contribution in [0.2, 0.25) is 0 Å². The van der Waals surface area contributed by atoms with Gasteiger partial charge in [-0.15, -0.1) is 0 Å². The van der Waals surface area contributed by atoms with Crippen molar-refractivity contribution < 1.29 is 34.1 Å². The largest absolute Gasteiger partial charge is 0.481 e. The fourth-order valence-electron chi connectivity index (χ4n) is 3.48. The molecule has 2 aliphatic carbocycles. The van der Waals surface area contributed by atoms with E-state index in [4.69, 9.17) is 9.84 Å². The molecule has 1 aromatic rings. The molecule has 0 bridgehead atoms. The van der Waals surface area contributed by atoms with Crippen LogP contribution in [0.5, 0.6) is 0 Å². The quantitative estimate of drug-likeness (QED) is 0.721. The van der Waals surface area contributed by atoms with Gasteiger partial charge >= 0.3 is 18.0 Å². The normalized spacial score (nSPS) is 30.3. The van der Waals surface area contributed by atoms with Gasteiger partial charge in [0.25, 0.3) is 0 Å². The topological polar surface area (TPSA) is 130 Å². The minimum Gasteiger partial charge on any atom is -0.481 e. The molecule has 0 unspecified atom stereocenters. The van der Waals surface area contributed by atoms with Crippen LogP contribution in [0.15, 0.2) is 30.3 Å². The first-order valence-electron chi connectivity index (χ1n) is 7.34. The number of hydrogen-bond acceptors (Lipinski definition) is 5. The van der Waals surface area contributed by atoms with Crippen LogP contribution in [-0.2, 0) is 25.7 Å². The van der Waals surface area contributed by atoms with Crippen molar-refractivity contribution in [1.29, 1.82) is 0 Å². The number of aliphatic carboxylic acids is 2. The van der Waals surface area contributed by atoms with Gasteiger partial charge in [0.2, 0.25) is 0 Å². The molecule has 126 valence electrons. The van der Waals surface area contributed by atoms with E-state index in [0.717, 1.165) is 0 Å². The highest BCUT2D eigenvalue weighted by atomic mass is 16.5. The summed E-state index contributed by atoms with van der Waals surface area (Å²) in [5.74, 6) is -5.99. The van der Waals surface area contributed by atoms with Crippen LogP contribution in [0.1, 0.15) is 12.0 Å². The highest BCUT2D eigenvalue weighted by Gasteiger charge is 2.76. The summed E-state index contributed by atoms with van der Waals surface area (Å²) >= 11 is 0. The summed E-state index contributed by atoms with van der Waals surface area (Å²) in [6, 6.07) is 8.79. The number of fused-ring (bicyclic) bond motifs is 1. The minimum absolute atomic E-state index is 0.0627. The van der Waals surface area contributed by atoms with Gasteiger partial charge in [0.1, 0.15) is 12.4 Å². The molecule has 8 heteroatoms. The Morgan fingerprint density at radius 2 is 1.88 bits per heavy atom. The van der Waals surface area contributed by atoms with Gasteiger partial charge < -0.3 is 20.3 Å². The van der Waals surface area contributed by atoms with Gasteiger partial charge in [-0.1, -0.05) is 30.3 Å². The van der Waals surface area contributed by atoms with E-state index in [-0.39, 0.29) is 6.61 Å². The predicted octanol–water partition coefficient (Wildman–Crippen LogP) is 0.656. The molecule has 0 heterocycles. The molecule has 0 aliphatic heterocycles. The lowest BCUT2D eigenvalue weighted by molar-refractivity contribution is -0.148. The molecule has 2 fully saturated rings. The molecule has 8 nitrogen and oxygen atoms in total. The van der Waals surface area contributed by atoms with E-state index in [1.165, 1.54) is 0 Å². The van der Waals surface area contributed by atoms with E-state index in [0.29, 0.717) is 5.56 Å². The summed E-state index contributed by atoms with van der Waals surface area (Å²) in [5.41, 5.74) is -1.20. The number of benzene rings is 1. The third-order valence-corrected chi connectivity index (χ3v) is 4.62. The second kappa shape index (κ2) is 5.63. The first kappa shape index (κ1) is 16.0. The Hall–Kier alpha value is -2.90. The second-order valence-electron chi connectivity index (χ2n) is 6.02. The number of carbonyl (C=O) groups excluding carboxylic acids is 2. The lowest BCUT2D eigenvalue weighted by Crippen LogP contribution is -2.56. The Labute approximate surface area is 136 Å². The molecule has 3 rings (SSSR count). The van der Waals surface area contributed by atoms with Crippen molar-refractivity contribution in [2.24, 2.45) is 17.8 Å². The van der Waals surface area contributed by atoms with Crippen molar-refractivity contribution in [3.63, 3.8) is 0 Å². The molecular formula is C16H15NO7. The fourth-order valence-corrected chi connectivity index (χ4v) is 3.48. The van der Waals surface area contributed by atoms with Crippen molar-refractivity contribution in [3.05, 3.63) is 35.9 Å². The summed E-state index contributed by atoms with van der Waals surface area (Å²) in [7, 11) is 0. The summed E-state index contributed by atoms with van der Waals surface area (Å²) < 4.78 is 4.99. The van der Waals surface area contributed by atoms with Gasteiger partial charge in [-0.05, 0) is 5.56 Å². The van der Waals surface area contributed by atoms with Crippen molar-refractivity contribution >= 4 is 23.8 Å². The third-order valence-electron chi connectivity index (χ3n) is 4.62. The number of carboxylic acids is 2. The molecule has 0 radical (unpaired) electrons. The zero-order valence-electron chi connectivity index (χ0n) is 12.5. The molecular weight excluding hydrogens is 318 g/mol. The third kappa shape index (κ3) is 2.49. The fraction of sp³-hybridized carbons (Fsp3) is 0.375. The molecule has 0 spiro atoms. The van der Waals surface area contributed by atoms with E-state index in [1.807, 2.05) is 0 Å². The Kier molecular flexibility index (Phi) is 3.75. The van der Waals surface area contributed by atoms with Crippen LogP contribution < -0.4 is 5.32 Å². The summed E-state index contributed by atoms with van der Waals surface area (Å²) in [6.07, 6.45) is -1.42. The molecule has 0 saturated heterocycles. The maximum Gasteiger partial charge on any atom is 0.408 e. The van der Waals surface area contributed by atoms with Crippen LogP contribution in [0, 0.1) is 17.8 Å². The Balaban J connectivity index is 1.71. The average Bonchev–Trinajstić information content (AvgIpc) is 3.23. The number of hydrogen-bond donors (Lipinski definition) is 3. The highest BCUT2D eigenvalue weighted by Crippen LogP contribution is 2.60. The lowest BCUT2D eigenvalue weighted by atomic mass is 9.90. The number of amides is 1. The van der Waals surface area contributed by atoms with E-state index < -0.39 is 53.5 Å². The molecule has 4 atom stereocenters. The maximum atomic E-state index is 12.0. The molecule has 1 amide bonds. The summed E-state index contributed by atoms with van der Waals surface area (Å²) in [6.45, 7) is -0.0627. The van der Waals surface area contributed by atoms with Crippen LogP contribution in [0.4, 0.5) is 4.79 Å². The Morgan fingerprint density at radius 3 is 2.42 bits per heavy atom. The first-order valence-corrected chi connectivity index (χ1v) is 7.34. The average molecular weight is 333 g/mol. The number of ether oxygens (including phenoxy) is 1. The van der Waals surface area contributed by atoms with Gasteiger partial charge in [-0.25, -0.2) is 9.59 Å². The zero-order chi connectivity index (χ0) is 17.5. The Morgan fingerprint density at radius 1 is 1.21 bits per heavy atom. The van der Waals surface area contributed by atoms with Crippen LogP contribution in [-0.4, -0.2) is 39.6 Å². The number of carboxylic acid groups (broad SMARTS) is 2. The van der Waals surface area contributed by atoms with Gasteiger partial charge in [0, 0.05) is 18.3 Å². The van der Waals surface area contributed by atoms with Crippen molar-refractivity contribution in [2.45, 2.75) is 18.6 Å². The van der Waals surface area contributed by atoms with E-state index >= 15 is 0 Å².